The number of urea groups is 1. The summed E-state index contributed by atoms with van der Waals surface area (Å²) < 4.78 is 11.3. The van der Waals surface area contributed by atoms with Gasteiger partial charge in [0.15, 0.2) is 0 Å². The maximum atomic E-state index is 11.8. The second-order valence-corrected chi connectivity index (χ2v) is 6.93. The first kappa shape index (κ1) is 15.6. The number of amides is 2. The molecule has 2 N–H and O–H groups in total. The van der Waals surface area contributed by atoms with Crippen molar-refractivity contribution >= 4 is 6.03 Å². The normalized spacial score (nSPS) is 30.4. The van der Waals surface area contributed by atoms with Crippen molar-refractivity contribution in [1.82, 2.24) is 10.6 Å². The van der Waals surface area contributed by atoms with Gasteiger partial charge in [0.2, 0.25) is 0 Å². The summed E-state index contributed by atoms with van der Waals surface area (Å²) in [4.78, 5) is 11.8. The number of hydrogen-bond acceptors (Lipinski definition) is 3. The maximum absolute atomic E-state index is 11.8. The van der Waals surface area contributed by atoms with Gasteiger partial charge in [0.05, 0.1) is 12.2 Å². The first-order valence-electron chi connectivity index (χ1n) is 7.71. The fourth-order valence-electron chi connectivity index (χ4n) is 3.10. The Hall–Kier alpha value is -0.810. The summed E-state index contributed by atoms with van der Waals surface area (Å²) in [5, 5.41) is 5.85. The molecule has 2 fully saturated rings. The molecule has 0 aromatic heterocycles. The Morgan fingerprint density at radius 3 is 2.50 bits per heavy atom. The van der Waals surface area contributed by atoms with Gasteiger partial charge in [-0.05, 0) is 24.7 Å². The van der Waals surface area contributed by atoms with E-state index in [4.69, 9.17) is 9.47 Å². The molecule has 0 bridgehead atoms. The molecule has 5 heteroatoms. The molecule has 2 heterocycles. The Kier molecular flexibility index (Phi) is 5.27. The smallest absolute Gasteiger partial charge is 0.314 e. The highest BCUT2D eigenvalue weighted by molar-refractivity contribution is 5.73. The number of carbonyl (C=O) groups is 1. The van der Waals surface area contributed by atoms with E-state index in [9.17, 15) is 4.79 Å². The molecule has 20 heavy (non-hydrogen) atoms. The van der Waals surface area contributed by atoms with Crippen molar-refractivity contribution in [3.05, 3.63) is 0 Å². The maximum Gasteiger partial charge on any atom is 0.314 e. The predicted octanol–water partition coefficient (Wildman–Crippen LogP) is 1.92. The predicted molar refractivity (Wildman–Crippen MR) is 77.7 cm³/mol. The van der Waals surface area contributed by atoms with Crippen LogP contribution in [0.2, 0.25) is 0 Å². The molecule has 0 aliphatic carbocycles. The van der Waals surface area contributed by atoms with Crippen LogP contribution in [0.1, 0.15) is 40.0 Å². The minimum atomic E-state index is -0.0972. The average Bonchev–Trinajstić information content (AvgIpc) is 3.03. The number of hydrogen-bond donors (Lipinski definition) is 2. The molecule has 2 rings (SSSR count). The van der Waals surface area contributed by atoms with Crippen molar-refractivity contribution in [2.75, 3.05) is 26.3 Å². The van der Waals surface area contributed by atoms with E-state index in [1.807, 2.05) is 0 Å². The van der Waals surface area contributed by atoms with Crippen LogP contribution in [0.3, 0.4) is 0 Å². The van der Waals surface area contributed by atoms with Gasteiger partial charge >= 0.3 is 6.03 Å². The highest BCUT2D eigenvalue weighted by Crippen LogP contribution is 2.34. The monoisotopic (exact) mass is 284 g/mol. The molecule has 0 aromatic carbocycles. The minimum Gasteiger partial charge on any atom is -0.377 e. The molecule has 0 radical (unpaired) electrons. The van der Waals surface area contributed by atoms with E-state index in [0.29, 0.717) is 19.0 Å². The van der Waals surface area contributed by atoms with Crippen molar-refractivity contribution in [3.8, 4) is 0 Å². The van der Waals surface area contributed by atoms with E-state index in [1.165, 1.54) is 0 Å². The molecule has 2 aliphatic rings. The van der Waals surface area contributed by atoms with Gasteiger partial charge in [-0.1, -0.05) is 20.8 Å². The fourth-order valence-corrected chi connectivity index (χ4v) is 3.10. The van der Waals surface area contributed by atoms with Crippen LogP contribution in [0.15, 0.2) is 0 Å². The van der Waals surface area contributed by atoms with Gasteiger partial charge in [-0.2, -0.15) is 0 Å². The number of nitrogens with one attached hydrogen (secondary N) is 2. The topological polar surface area (TPSA) is 59.6 Å². The first-order chi connectivity index (χ1) is 9.47. The van der Waals surface area contributed by atoms with Gasteiger partial charge in [0.1, 0.15) is 0 Å². The van der Waals surface area contributed by atoms with Crippen LogP contribution in [0, 0.1) is 11.3 Å². The summed E-state index contributed by atoms with van der Waals surface area (Å²) >= 11 is 0. The molecular formula is C15H28N2O3. The molecule has 2 saturated heterocycles. The summed E-state index contributed by atoms with van der Waals surface area (Å²) in [5.74, 6) is 0.406. The Morgan fingerprint density at radius 1 is 1.10 bits per heavy atom. The second kappa shape index (κ2) is 6.76. The van der Waals surface area contributed by atoms with Gasteiger partial charge in [-0.15, -0.1) is 0 Å². The molecule has 0 spiro atoms. The highest BCUT2D eigenvalue weighted by Gasteiger charge is 2.37. The Balaban J connectivity index is 1.67. The lowest BCUT2D eigenvalue weighted by atomic mass is 9.81. The second-order valence-electron chi connectivity index (χ2n) is 6.93. The third-order valence-electron chi connectivity index (χ3n) is 4.11. The van der Waals surface area contributed by atoms with Crippen LogP contribution in [-0.4, -0.2) is 44.5 Å². The Labute approximate surface area is 121 Å². The standard InChI is InChI=1S/C15H28N2O3/c1-15(2,3)13-11(6-8-20-13)9-16-14(18)17-10-12-5-4-7-19-12/h11-13H,4-10H2,1-3H3,(H2,16,17,18)/t11-,12?,13+/m1/s1. The lowest BCUT2D eigenvalue weighted by Gasteiger charge is -2.31. The quantitative estimate of drug-likeness (QED) is 0.829. The lowest BCUT2D eigenvalue weighted by molar-refractivity contribution is 0.00773. The van der Waals surface area contributed by atoms with Crippen molar-refractivity contribution in [1.29, 1.82) is 0 Å². The SMILES string of the molecule is CC(C)(C)[C@H]1OCC[C@@H]1CNC(=O)NCC1CCCO1. The molecule has 116 valence electrons. The Morgan fingerprint density at radius 2 is 1.85 bits per heavy atom. The summed E-state index contributed by atoms with van der Waals surface area (Å²) in [7, 11) is 0. The van der Waals surface area contributed by atoms with Gasteiger partial charge < -0.3 is 20.1 Å². The Bertz CT molecular complexity index is 322. The van der Waals surface area contributed by atoms with E-state index in [2.05, 4.69) is 31.4 Å². The van der Waals surface area contributed by atoms with Gasteiger partial charge in [0.25, 0.3) is 0 Å². The molecular weight excluding hydrogens is 256 g/mol. The molecule has 0 aromatic rings. The van der Waals surface area contributed by atoms with Crippen LogP contribution in [0.5, 0.6) is 0 Å². The average molecular weight is 284 g/mol. The van der Waals surface area contributed by atoms with E-state index in [0.717, 1.165) is 32.5 Å². The number of carbonyl (C=O) groups excluding carboxylic acids is 1. The van der Waals surface area contributed by atoms with Crippen LogP contribution < -0.4 is 10.6 Å². The number of ether oxygens (including phenoxy) is 2. The van der Waals surface area contributed by atoms with Crippen LogP contribution in [0.25, 0.3) is 0 Å². The third-order valence-corrected chi connectivity index (χ3v) is 4.11. The van der Waals surface area contributed by atoms with E-state index in [-0.39, 0.29) is 23.7 Å². The zero-order valence-corrected chi connectivity index (χ0v) is 12.9. The van der Waals surface area contributed by atoms with Crippen molar-refractivity contribution < 1.29 is 14.3 Å². The van der Waals surface area contributed by atoms with Crippen molar-refractivity contribution in [2.45, 2.75) is 52.2 Å². The third kappa shape index (κ3) is 4.35. The van der Waals surface area contributed by atoms with Crippen LogP contribution in [-0.2, 0) is 9.47 Å². The molecule has 2 amide bonds. The van der Waals surface area contributed by atoms with Crippen LogP contribution in [0.4, 0.5) is 4.79 Å². The lowest BCUT2D eigenvalue weighted by Crippen LogP contribution is -2.44. The van der Waals surface area contributed by atoms with Gasteiger partial charge in [-0.3, -0.25) is 0 Å². The minimum absolute atomic E-state index is 0.0972. The molecule has 0 saturated carbocycles. The summed E-state index contributed by atoms with van der Waals surface area (Å²) in [6.45, 7) is 9.47. The van der Waals surface area contributed by atoms with Crippen LogP contribution >= 0.6 is 0 Å². The summed E-state index contributed by atoms with van der Waals surface area (Å²) in [6.07, 6.45) is 3.58. The van der Waals surface area contributed by atoms with Gasteiger partial charge in [-0.25, -0.2) is 4.79 Å². The highest BCUT2D eigenvalue weighted by atomic mass is 16.5. The van der Waals surface area contributed by atoms with E-state index < -0.39 is 0 Å². The number of rotatable bonds is 4. The molecule has 3 atom stereocenters. The van der Waals surface area contributed by atoms with Crippen molar-refractivity contribution in [3.63, 3.8) is 0 Å². The largest absolute Gasteiger partial charge is 0.377 e. The molecule has 1 unspecified atom stereocenters. The molecule has 5 nitrogen and oxygen atoms in total. The zero-order valence-electron chi connectivity index (χ0n) is 12.9. The zero-order chi connectivity index (χ0) is 14.6. The van der Waals surface area contributed by atoms with E-state index >= 15 is 0 Å². The first-order valence-corrected chi connectivity index (χ1v) is 7.71. The van der Waals surface area contributed by atoms with Gasteiger partial charge in [0, 0.05) is 32.2 Å². The fraction of sp³-hybridized carbons (Fsp3) is 0.933. The summed E-state index contributed by atoms with van der Waals surface area (Å²) in [6, 6.07) is -0.0972. The molecule has 2 aliphatic heterocycles. The van der Waals surface area contributed by atoms with Crippen molar-refractivity contribution in [2.24, 2.45) is 11.3 Å². The van der Waals surface area contributed by atoms with E-state index in [1.54, 1.807) is 0 Å². The summed E-state index contributed by atoms with van der Waals surface area (Å²) in [5.41, 5.74) is 0.122.